The van der Waals surface area contributed by atoms with Crippen molar-refractivity contribution in [3.8, 4) is 0 Å². The van der Waals surface area contributed by atoms with Crippen molar-refractivity contribution in [2.24, 2.45) is 0 Å². The van der Waals surface area contributed by atoms with Gasteiger partial charge in [-0.1, -0.05) is 23.8 Å². The molecule has 154 valence electrons. The minimum atomic E-state index is -0.0624. The van der Waals surface area contributed by atoms with Crippen LogP contribution < -0.4 is 5.32 Å². The second kappa shape index (κ2) is 8.43. The Morgan fingerprint density at radius 3 is 2.69 bits per heavy atom. The first-order chi connectivity index (χ1) is 14.0. The molecule has 0 aliphatic carbocycles. The summed E-state index contributed by atoms with van der Waals surface area (Å²) in [5, 5.41) is 3.08. The Morgan fingerprint density at radius 2 is 1.90 bits per heavy atom. The molecule has 29 heavy (non-hydrogen) atoms. The van der Waals surface area contributed by atoms with Crippen molar-refractivity contribution in [3.63, 3.8) is 0 Å². The van der Waals surface area contributed by atoms with E-state index in [9.17, 15) is 4.79 Å². The van der Waals surface area contributed by atoms with E-state index in [0.717, 1.165) is 49.7 Å². The van der Waals surface area contributed by atoms with E-state index in [4.69, 9.17) is 9.15 Å². The lowest BCUT2D eigenvalue weighted by molar-refractivity contribution is 0.0383. The van der Waals surface area contributed by atoms with Crippen LogP contribution in [0.4, 0.5) is 0 Å². The lowest BCUT2D eigenvalue weighted by Crippen LogP contribution is -2.41. The molecule has 1 aromatic carbocycles. The Hall–Kier alpha value is -2.57. The molecule has 6 nitrogen and oxygen atoms in total. The third-order valence-electron chi connectivity index (χ3n) is 5.60. The highest BCUT2D eigenvalue weighted by Gasteiger charge is 2.19. The van der Waals surface area contributed by atoms with Crippen LogP contribution in [0.15, 0.2) is 34.7 Å². The molecule has 3 heterocycles. The summed E-state index contributed by atoms with van der Waals surface area (Å²) in [6.07, 6.45) is 0. The Labute approximate surface area is 171 Å². The topological polar surface area (TPSA) is 59.6 Å². The highest BCUT2D eigenvalue weighted by Crippen LogP contribution is 2.26. The number of nitrogens with zero attached hydrogens (tertiary/aromatic N) is 2. The molecule has 0 spiro atoms. The van der Waals surface area contributed by atoms with E-state index in [2.05, 4.69) is 46.8 Å². The van der Waals surface area contributed by atoms with Gasteiger partial charge in [-0.3, -0.25) is 9.69 Å². The molecule has 1 aliphatic heterocycles. The number of carbonyl (C=O) groups excluding carboxylic acids is 1. The maximum atomic E-state index is 13.0. The number of furan rings is 1. The lowest BCUT2D eigenvalue weighted by Gasteiger charge is -2.26. The molecule has 1 fully saturated rings. The highest BCUT2D eigenvalue weighted by atomic mass is 16.5. The molecule has 1 N–H and O–H groups in total. The summed E-state index contributed by atoms with van der Waals surface area (Å²) in [6.45, 7) is 11.6. The summed E-state index contributed by atoms with van der Waals surface area (Å²) >= 11 is 0. The number of aromatic nitrogens is 1. The van der Waals surface area contributed by atoms with Gasteiger partial charge < -0.3 is 19.0 Å². The van der Waals surface area contributed by atoms with E-state index in [1.54, 1.807) is 0 Å². The number of ether oxygens (including phenoxy) is 1. The van der Waals surface area contributed by atoms with Crippen molar-refractivity contribution in [1.29, 1.82) is 0 Å². The summed E-state index contributed by atoms with van der Waals surface area (Å²) in [5.41, 5.74) is 6.00. The monoisotopic (exact) mass is 395 g/mol. The van der Waals surface area contributed by atoms with Gasteiger partial charge in [-0.05, 0) is 31.9 Å². The van der Waals surface area contributed by atoms with Crippen molar-refractivity contribution in [2.45, 2.75) is 27.3 Å². The van der Waals surface area contributed by atoms with Crippen LogP contribution in [0.25, 0.3) is 11.1 Å². The van der Waals surface area contributed by atoms with Gasteiger partial charge in [0.15, 0.2) is 5.58 Å². The fourth-order valence-electron chi connectivity index (χ4n) is 3.91. The average Bonchev–Trinajstić information content (AvgIpc) is 3.22. The Kier molecular flexibility index (Phi) is 5.74. The largest absolute Gasteiger partial charge is 0.460 e. The molecule has 2 aromatic heterocycles. The molecule has 1 saturated heterocycles. The fourth-order valence-corrected chi connectivity index (χ4v) is 3.91. The predicted molar refractivity (Wildman–Crippen MR) is 114 cm³/mol. The zero-order chi connectivity index (χ0) is 20.4. The average molecular weight is 396 g/mol. The summed E-state index contributed by atoms with van der Waals surface area (Å²) < 4.78 is 13.3. The summed E-state index contributed by atoms with van der Waals surface area (Å²) in [4.78, 5) is 15.3. The van der Waals surface area contributed by atoms with E-state index >= 15 is 0 Å². The van der Waals surface area contributed by atoms with Crippen molar-refractivity contribution in [1.82, 2.24) is 14.8 Å². The second-order valence-corrected chi connectivity index (χ2v) is 7.86. The molecular formula is C23H29N3O3. The maximum absolute atomic E-state index is 13.0. The van der Waals surface area contributed by atoms with Gasteiger partial charge in [0.1, 0.15) is 11.5 Å². The molecule has 6 heteroatoms. The number of fused-ring (bicyclic) bond motifs is 1. The van der Waals surface area contributed by atoms with Crippen LogP contribution in [-0.2, 0) is 11.3 Å². The van der Waals surface area contributed by atoms with Gasteiger partial charge in [0.05, 0.1) is 18.7 Å². The summed E-state index contributed by atoms with van der Waals surface area (Å²) in [6, 6.07) is 10.3. The normalized spacial score (nSPS) is 15.1. The number of rotatable bonds is 6. The number of aryl methyl sites for hydroxylation is 3. The Balaban J connectivity index is 1.55. The zero-order valence-electron chi connectivity index (χ0n) is 17.5. The van der Waals surface area contributed by atoms with E-state index in [0.29, 0.717) is 18.8 Å². The third-order valence-corrected chi connectivity index (χ3v) is 5.60. The van der Waals surface area contributed by atoms with Gasteiger partial charge in [-0.2, -0.15) is 0 Å². The quantitative estimate of drug-likeness (QED) is 0.696. The number of hydrogen-bond donors (Lipinski definition) is 1. The summed E-state index contributed by atoms with van der Waals surface area (Å²) in [7, 11) is 0. The highest BCUT2D eigenvalue weighted by molar-refractivity contribution is 5.97. The second-order valence-electron chi connectivity index (χ2n) is 7.86. The van der Waals surface area contributed by atoms with E-state index in [1.807, 2.05) is 19.1 Å². The number of carbonyl (C=O) groups is 1. The Morgan fingerprint density at radius 1 is 1.10 bits per heavy atom. The maximum Gasteiger partial charge on any atom is 0.268 e. The van der Waals surface area contributed by atoms with E-state index in [1.165, 1.54) is 16.7 Å². The standard InChI is InChI=1S/C23H29N3O3/c1-16-4-5-17(2)19(12-16)15-26-20-13-18(3)29-22(20)14-21(26)23(27)24-6-7-25-8-10-28-11-9-25/h4-5,12-14H,6-11,15H2,1-3H3,(H,24,27). The van der Waals surface area contributed by atoms with Gasteiger partial charge >= 0.3 is 0 Å². The van der Waals surface area contributed by atoms with Gasteiger partial charge in [0.2, 0.25) is 0 Å². The van der Waals surface area contributed by atoms with Gasteiger partial charge in [0, 0.05) is 44.9 Å². The van der Waals surface area contributed by atoms with Crippen LogP contribution in [0, 0.1) is 20.8 Å². The van der Waals surface area contributed by atoms with Crippen molar-refractivity contribution >= 4 is 17.0 Å². The fraction of sp³-hybridized carbons (Fsp3) is 0.435. The molecule has 0 bridgehead atoms. The minimum absolute atomic E-state index is 0.0624. The van der Waals surface area contributed by atoms with E-state index < -0.39 is 0 Å². The van der Waals surface area contributed by atoms with Crippen molar-refractivity contribution in [3.05, 3.63) is 58.5 Å². The molecule has 1 amide bonds. The smallest absolute Gasteiger partial charge is 0.268 e. The van der Waals surface area contributed by atoms with Crippen LogP contribution in [0.5, 0.6) is 0 Å². The van der Waals surface area contributed by atoms with E-state index in [-0.39, 0.29) is 5.91 Å². The first-order valence-corrected chi connectivity index (χ1v) is 10.3. The molecule has 0 atom stereocenters. The van der Waals surface area contributed by atoms with Crippen LogP contribution in [0.1, 0.15) is 32.9 Å². The molecule has 1 aliphatic rings. The third kappa shape index (κ3) is 4.38. The van der Waals surface area contributed by atoms with Crippen molar-refractivity contribution in [2.75, 3.05) is 39.4 Å². The number of hydrogen-bond acceptors (Lipinski definition) is 4. The number of benzene rings is 1. The summed E-state index contributed by atoms with van der Waals surface area (Å²) in [5.74, 6) is 0.789. The van der Waals surface area contributed by atoms with Gasteiger partial charge in [0.25, 0.3) is 5.91 Å². The molecule has 0 saturated carbocycles. The van der Waals surface area contributed by atoms with Crippen LogP contribution in [-0.4, -0.2) is 54.8 Å². The molecule has 4 rings (SSSR count). The number of nitrogens with one attached hydrogen (secondary N) is 1. The molecule has 0 unspecified atom stereocenters. The van der Waals surface area contributed by atoms with Crippen LogP contribution in [0.2, 0.25) is 0 Å². The van der Waals surface area contributed by atoms with Crippen molar-refractivity contribution < 1.29 is 13.9 Å². The SMILES string of the molecule is Cc1ccc(C)c(Cn2c(C(=O)NCCN3CCOCC3)cc3oc(C)cc32)c1. The number of amides is 1. The Bertz CT molecular complexity index is 1010. The lowest BCUT2D eigenvalue weighted by atomic mass is 10.1. The molecule has 3 aromatic rings. The first kappa shape index (κ1) is 19.7. The minimum Gasteiger partial charge on any atom is -0.460 e. The number of morpholine rings is 1. The van der Waals surface area contributed by atoms with Gasteiger partial charge in [-0.25, -0.2) is 0 Å². The van der Waals surface area contributed by atoms with Gasteiger partial charge in [-0.15, -0.1) is 0 Å². The van der Waals surface area contributed by atoms with Crippen LogP contribution >= 0.6 is 0 Å². The predicted octanol–water partition coefficient (Wildman–Crippen LogP) is 3.27. The first-order valence-electron chi connectivity index (χ1n) is 10.3. The molecular weight excluding hydrogens is 366 g/mol. The zero-order valence-corrected chi connectivity index (χ0v) is 17.5. The molecule has 0 radical (unpaired) electrons. The van der Waals surface area contributed by atoms with Crippen LogP contribution in [0.3, 0.4) is 0 Å².